The molecule has 0 aromatic carbocycles. The van der Waals surface area contributed by atoms with Crippen LogP contribution in [0.25, 0.3) is 0 Å². The molecule has 0 bridgehead atoms. The van der Waals surface area contributed by atoms with Crippen LogP contribution < -0.4 is 5.32 Å². The van der Waals surface area contributed by atoms with Crippen LogP contribution in [0, 0.1) is 17.8 Å². The van der Waals surface area contributed by atoms with Crippen molar-refractivity contribution in [2.75, 3.05) is 26.7 Å². The van der Waals surface area contributed by atoms with Gasteiger partial charge >= 0.3 is 0 Å². The highest BCUT2D eigenvalue weighted by Crippen LogP contribution is 2.31. The number of nitrogens with zero attached hydrogens (tertiary/aromatic N) is 1. The largest absolute Gasteiger partial charge is 0.343 e. The molecule has 2 rings (SSSR count). The van der Waals surface area contributed by atoms with Gasteiger partial charge in [-0.05, 0) is 63.5 Å². The van der Waals surface area contributed by atoms with Crippen molar-refractivity contribution < 1.29 is 4.79 Å². The summed E-state index contributed by atoms with van der Waals surface area (Å²) in [5, 5.41) is 3.23. The molecule has 2 unspecified atom stereocenters. The topological polar surface area (TPSA) is 32.3 Å². The van der Waals surface area contributed by atoms with Crippen LogP contribution in [0.1, 0.15) is 58.3 Å². The molecule has 0 aromatic rings. The van der Waals surface area contributed by atoms with Gasteiger partial charge in [-0.2, -0.15) is 0 Å². The van der Waals surface area contributed by atoms with Gasteiger partial charge in [-0.3, -0.25) is 4.79 Å². The number of rotatable bonds is 5. The monoisotopic (exact) mass is 280 g/mol. The summed E-state index contributed by atoms with van der Waals surface area (Å²) in [6.07, 6.45) is 9.71. The molecule has 2 aliphatic rings. The highest BCUT2D eigenvalue weighted by atomic mass is 16.2. The lowest BCUT2D eigenvalue weighted by molar-refractivity contribution is -0.134. The van der Waals surface area contributed by atoms with Crippen molar-refractivity contribution in [3.05, 3.63) is 0 Å². The molecule has 1 heterocycles. The first-order valence-electron chi connectivity index (χ1n) is 8.61. The first kappa shape index (κ1) is 15.8. The molecule has 116 valence electrons. The Hall–Kier alpha value is -0.570. The zero-order valence-electron chi connectivity index (χ0n) is 13.4. The van der Waals surface area contributed by atoms with Crippen molar-refractivity contribution >= 4 is 5.91 Å². The number of hydrogen-bond donors (Lipinski definition) is 1. The second-order valence-electron chi connectivity index (χ2n) is 7.06. The third kappa shape index (κ3) is 4.76. The Morgan fingerprint density at radius 2 is 1.90 bits per heavy atom. The molecule has 2 fully saturated rings. The second-order valence-corrected chi connectivity index (χ2v) is 7.06. The molecule has 3 nitrogen and oxygen atoms in total. The van der Waals surface area contributed by atoms with Crippen LogP contribution in [0.15, 0.2) is 0 Å². The summed E-state index contributed by atoms with van der Waals surface area (Å²) in [4.78, 5) is 14.5. The molecule has 1 aliphatic carbocycles. The Morgan fingerprint density at radius 1 is 1.15 bits per heavy atom. The molecule has 0 spiro atoms. The summed E-state index contributed by atoms with van der Waals surface area (Å²) >= 11 is 0. The SMILES string of the molecule is CNCCC1CCN(C(=O)CC2CCCC(C)C2)CC1. The van der Waals surface area contributed by atoms with E-state index in [0.717, 1.165) is 37.9 Å². The van der Waals surface area contributed by atoms with Crippen molar-refractivity contribution in [1.82, 2.24) is 10.2 Å². The second kappa shape index (κ2) is 8.02. The number of carbonyl (C=O) groups is 1. The average Bonchev–Trinajstić information content (AvgIpc) is 2.45. The van der Waals surface area contributed by atoms with Crippen molar-refractivity contribution in [2.24, 2.45) is 17.8 Å². The van der Waals surface area contributed by atoms with Crippen LogP contribution in [0.2, 0.25) is 0 Å². The summed E-state index contributed by atoms with van der Waals surface area (Å²) in [5.41, 5.74) is 0. The summed E-state index contributed by atoms with van der Waals surface area (Å²) in [5.74, 6) is 2.74. The van der Waals surface area contributed by atoms with Crippen LogP contribution in [-0.4, -0.2) is 37.5 Å². The lowest BCUT2D eigenvalue weighted by Crippen LogP contribution is -2.40. The minimum atomic E-state index is 0.427. The molecule has 1 N–H and O–H groups in total. The van der Waals surface area contributed by atoms with Crippen LogP contribution in [0.5, 0.6) is 0 Å². The van der Waals surface area contributed by atoms with Crippen LogP contribution in [0.3, 0.4) is 0 Å². The number of piperidine rings is 1. The maximum absolute atomic E-state index is 12.4. The van der Waals surface area contributed by atoms with E-state index in [-0.39, 0.29) is 0 Å². The third-order valence-electron chi connectivity index (χ3n) is 5.28. The zero-order chi connectivity index (χ0) is 14.4. The molecule has 0 aromatic heterocycles. The van der Waals surface area contributed by atoms with Gasteiger partial charge in [0.1, 0.15) is 0 Å². The predicted molar refractivity (Wildman–Crippen MR) is 83.6 cm³/mol. The number of carbonyl (C=O) groups excluding carboxylic acids is 1. The lowest BCUT2D eigenvalue weighted by atomic mass is 9.80. The Labute approximate surface area is 124 Å². The standard InChI is InChI=1S/C17H32N2O/c1-14-4-3-5-16(12-14)13-17(20)19-10-7-15(8-11-19)6-9-18-2/h14-16,18H,3-13H2,1-2H3. The summed E-state index contributed by atoms with van der Waals surface area (Å²) < 4.78 is 0. The Balaban J connectivity index is 1.69. The molecule has 1 aliphatic heterocycles. The van der Waals surface area contributed by atoms with Gasteiger partial charge in [0.2, 0.25) is 5.91 Å². The fourth-order valence-electron chi connectivity index (χ4n) is 3.94. The third-order valence-corrected chi connectivity index (χ3v) is 5.28. The first-order chi connectivity index (χ1) is 9.69. The van der Waals surface area contributed by atoms with Gasteiger partial charge in [0.15, 0.2) is 0 Å². The van der Waals surface area contributed by atoms with Crippen molar-refractivity contribution in [3.63, 3.8) is 0 Å². The Bertz CT molecular complexity index is 297. The molecule has 20 heavy (non-hydrogen) atoms. The minimum Gasteiger partial charge on any atom is -0.343 e. The highest BCUT2D eigenvalue weighted by molar-refractivity contribution is 5.76. The number of nitrogens with one attached hydrogen (secondary N) is 1. The molecule has 3 heteroatoms. The van der Waals surface area contributed by atoms with E-state index in [1.54, 1.807) is 0 Å². The van der Waals surface area contributed by atoms with E-state index in [1.165, 1.54) is 44.9 Å². The van der Waals surface area contributed by atoms with Crippen LogP contribution >= 0.6 is 0 Å². The number of hydrogen-bond acceptors (Lipinski definition) is 2. The van der Waals surface area contributed by atoms with E-state index in [9.17, 15) is 4.79 Å². The van der Waals surface area contributed by atoms with Crippen LogP contribution in [-0.2, 0) is 4.79 Å². The van der Waals surface area contributed by atoms with E-state index in [0.29, 0.717) is 11.8 Å². The Morgan fingerprint density at radius 3 is 2.55 bits per heavy atom. The average molecular weight is 280 g/mol. The smallest absolute Gasteiger partial charge is 0.222 e. The molecular weight excluding hydrogens is 248 g/mol. The van der Waals surface area contributed by atoms with Gasteiger partial charge in [-0.25, -0.2) is 0 Å². The Kier molecular flexibility index (Phi) is 6.34. The van der Waals surface area contributed by atoms with E-state index >= 15 is 0 Å². The molecule has 0 radical (unpaired) electrons. The van der Waals surface area contributed by atoms with Gasteiger partial charge in [0.05, 0.1) is 0 Å². The van der Waals surface area contributed by atoms with Crippen molar-refractivity contribution in [2.45, 2.75) is 58.3 Å². The van der Waals surface area contributed by atoms with E-state index in [4.69, 9.17) is 0 Å². The maximum Gasteiger partial charge on any atom is 0.222 e. The van der Waals surface area contributed by atoms with Crippen molar-refractivity contribution in [1.29, 1.82) is 0 Å². The molecule has 1 saturated heterocycles. The molecule has 1 amide bonds. The highest BCUT2D eigenvalue weighted by Gasteiger charge is 2.26. The van der Waals surface area contributed by atoms with E-state index in [1.807, 2.05) is 7.05 Å². The van der Waals surface area contributed by atoms with Gasteiger partial charge in [-0.1, -0.05) is 19.8 Å². The normalized spacial score (nSPS) is 28.6. The fourth-order valence-corrected chi connectivity index (χ4v) is 3.94. The quantitative estimate of drug-likeness (QED) is 0.839. The summed E-state index contributed by atoms with van der Waals surface area (Å²) in [7, 11) is 2.02. The lowest BCUT2D eigenvalue weighted by Gasteiger charge is -2.34. The fraction of sp³-hybridized carbons (Fsp3) is 0.941. The molecular formula is C17H32N2O. The van der Waals surface area contributed by atoms with Gasteiger partial charge in [0, 0.05) is 19.5 Å². The predicted octanol–water partition coefficient (Wildman–Crippen LogP) is 3.05. The minimum absolute atomic E-state index is 0.427. The molecule has 2 atom stereocenters. The summed E-state index contributed by atoms with van der Waals surface area (Å²) in [6.45, 7) is 5.44. The molecule has 1 saturated carbocycles. The van der Waals surface area contributed by atoms with Crippen LogP contribution in [0.4, 0.5) is 0 Å². The van der Waals surface area contributed by atoms with E-state index in [2.05, 4.69) is 17.1 Å². The number of likely N-dealkylation sites (tertiary alicyclic amines) is 1. The van der Waals surface area contributed by atoms with Crippen molar-refractivity contribution in [3.8, 4) is 0 Å². The maximum atomic E-state index is 12.4. The van der Waals surface area contributed by atoms with E-state index < -0.39 is 0 Å². The van der Waals surface area contributed by atoms with Gasteiger partial charge in [0.25, 0.3) is 0 Å². The van der Waals surface area contributed by atoms with Gasteiger partial charge in [-0.15, -0.1) is 0 Å². The van der Waals surface area contributed by atoms with Gasteiger partial charge < -0.3 is 10.2 Å². The zero-order valence-corrected chi connectivity index (χ0v) is 13.4. The summed E-state index contributed by atoms with van der Waals surface area (Å²) in [6, 6.07) is 0. The first-order valence-corrected chi connectivity index (χ1v) is 8.61. The number of amides is 1.